The molecular formula is C10H16O3. The first kappa shape index (κ1) is 9.19. The summed E-state index contributed by atoms with van der Waals surface area (Å²) in [6.07, 6.45) is -0.605. The zero-order valence-electron chi connectivity index (χ0n) is 8.03. The normalized spacial score (nSPS) is 54.2. The first-order valence-corrected chi connectivity index (χ1v) is 4.66. The van der Waals surface area contributed by atoms with Crippen LogP contribution in [0.5, 0.6) is 0 Å². The van der Waals surface area contributed by atoms with E-state index in [1.165, 1.54) is 0 Å². The Kier molecular flexibility index (Phi) is 1.81. The van der Waals surface area contributed by atoms with Gasteiger partial charge in [0.1, 0.15) is 11.7 Å². The Morgan fingerprint density at radius 2 is 2.15 bits per heavy atom. The van der Waals surface area contributed by atoms with Crippen molar-refractivity contribution in [3.63, 3.8) is 0 Å². The number of epoxide rings is 1. The van der Waals surface area contributed by atoms with E-state index in [2.05, 4.69) is 6.58 Å². The van der Waals surface area contributed by atoms with Crippen LogP contribution in [0.25, 0.3) is 0 Å². The van der Waals surface area contributed by atoms with Crippen LogP contribution in [0.1, 0.15) is 20.3 Å². The van der Waals surface area contributed by atoms with Crippen LogP contribution < -0.4 is 0 Å². The van der Waals surface area contributed by atoms with Gasteiger partial charge < -0.3 is 14.9 Å². The highest BCUT2D eigenvalue weighted by Crippen LogP contribution is 2.50. The Morgan fingerprint density at radius 3 is 2.69 bits per heavy atom. The fraction of sp³-hybridized carbons (Fsp3) is 0.800. The van der Waals surface area contributed by atoms with E-state index >= 15 is 0 Å². The number of hydrogen-bond acceptors (Lipinski definition) is 3. The van der Waals surface area contributed by atoms with Gasteiger partial charge in [-0.3, -0.25) is 0 Å². The Bertz CT molecular complexity index is 251. The minimum absolute atomic E-state index is 0.0180. The van der Waals surface area contributed by atoms with Gasteiger partial charge >= 0.3 is 0 Å². The van der Waals surface area contributed by atoms with E-state index in [0.29, 0.717) is 0 Å². The lowest BCUT2D eigenvalue weighted by Crippen LogP contribution is -2.48. The molecule has 2 aliphatic rings. The van der Waals surface area contributed by atoms with Gasteiger partial charge in [0.2, 0.25) is 0 Å². The van der Waals surface area contributed by atoms with Gasteiger partial charge in [-0.1, -0.05) is 12.2 Å². The third kappa shape index (κ3) is 1.15. The summed E-state index contributed by atoms with van der Waals surface area (Å²) in [4.78, 5) is 0. The molecule has 0 aromatic rings. The maximum atomic E-state index is 9.78. The lowest BCUT2D eigenvalue weighted by Gasteiger charge is -2.33. The molecule has 2 rings (SSSR count). The Balaban J connectivity index is 2.17. The maximum absolute atomic E-state index is 9.78. The highest BCUT2D eigenvalue weighted by molar-refractivity contribution is 5.17. The van der Waals surface area contributed by atoms with Crippen molar-refractivity contribution in [2.45, 2.75) is 44.2 Å². The Labute approximate surface area is 78.0 Å². The fourth-order valence-corrected chi connectivity index (χ4v) is 2.24. The summed E-state index contributed by atoms with van der Waals surface area (Å²) in [5.74, 6) is -0.0180. The predicted molar refractivity (Wildman–Crippen MR) is 48.2 cm³/mol. The first-order chi connectivity index (χ1) is 5.97. The van der Waals surface area contributed by atoms with Crippen molar-refractivity contribution >= 4 is 0 Å². The molecule has 13 heavy (non-hydrogen) atoms. The monoisotopic (exact) mass is 184 g/mol. The fourth-order valence-electron chi connectivity index (χ4n) is 2.24. The van der Waals surface area contributed by atoms with E-state index in [-0.39, 0.29) is 12.0 Å². The van der Waals surface area contributed by atoms with E-state index in [1.807, 2.05) is 13.8 Å². The summed E-state index contributed by atoms with van der Waals surface area (Å²) in [6, 6.07) is 0. The number of hydrogen-bond donors (Lipinski definition) is 2. The molecule has 0 aromatic heterocycles. The van der Waals surface area contributed by atoms with Crippen molar-refractivity contribution in [3.8, 4) is 0 Å². The predicted octanol–water partition coefficient (Wildman–Crippen LogP) is 0.462. The summed E-state index contributed by atoms with van der Waals surface area (Å²) in [5.41, 5.74) is 0.426. The third-order valence-electron chi connectivity index (χ3n) is 3.40. The third-order valence-corrected chi connectivity index (χ3v) is 3.40. The standard InChI is InChI=1S/C10H16O3/c1-5(2)6-4-7-10(3,13-7)9(12)8(6)11/h6-9,11-12H,1,4H2,2-3H3/t6-,7-,8+,9-,10-/m0/s1. The molecule has 0 aromatic carbocycles. The number of ether oxygens (including phenoxy) is 1. The molecule has 0 radical (unpaired) electrons. The van der Waals surface area contributed by atoms with E-state index in [1.54, 1.807) is 0 Å². The molecule has 1 aliphatic heterocycles. The van der Waals surface area contributed by atoms with Crippen LogP contribution in [0.2, 0.25) is 0 Å². The maximum Gasteiger partial charge on any atom is 0.120 e. The molecule has 1 aliphatic carbocycles. The van der Waals surface area contributed by atoms with Crippen LogP contribution in [-0.4, -0.2) is 34.1 Å². The molecule has 3 nitrogen and oxygen atoms in total. The second-order valence-electron chi connectivity index (χ2n) is 4.41. The second kappa shape index (κ2) is 2.56. The van der Waals surface area contributed by atoms with Crippen molar-refractivity contribution < 1.29 is 14.9 Å². The molecule has 2 N–H and O–H groups in total. The van der Waals surface area contributed by atoms with Gasteiger partial charge in [-0.25, -0.2) is 0 Å². The molecule has 0 amide bonds. The van der Waals surface area contributed by atoms with Crippen LogP contribution in [0.3, 0.4) is 0 Å². The van der Waals surface area contributed by atoms with Crippen LogP contribution in [0.4, 0.5) is 0 Å². The van der Waals surface area contributed by atoms with Gasteiger partial charge in [-0.2, -0.15) is 0 Å². The van der Waals surface area contributed by atoms with Crippen LogP contribution in [-0.2, 0) is 4.74 Å². The molecule has 2 fully saturated rings. The van der Waals surface area contributed by atoms with Gasteiger partial charge in [0, 0.05) is 5.92 Å². The average Bonchev–Trinajstić information content (AvgIpc) is 2.70. The number of aliphatic hydroxyl groups is 2. The first-order valence-electron chi connectivity index (χ1n) is 4.66. The smallest absolute Gasteiger partial charge is 0.120 e. The lowest BCUT2D eigenvalue weighted by atomic mass is 9.76. The summed E-state index contributed by atoms with van der Waals surface area (Å²) in [5, 5.41) is 19.5. The molecule has 3 heteroatoms. The number of rotatable bonds is 1. The van der Waals surface area contributed by atoms with Crippen molar-refractivity contribution in [1.29, 1.82) is 0 Å². The van der Waals surface area contributed by atoms with Crippen molar-refractivity contribution in [3.05, 3.63) is 12.2 Å². The minimum Gasteiger partial charge on any atom is -0.390 e. The SMILES string of the molecule is C=C(C)[C@@H]1C[C@@H]2O[C@]2(C)[C@@H](O)[C@@H]1O. The summed E-state index contributed by atoms with van der Waals surface area (Å²) < 4.78 is 5.38. The average molecular weight is 184 g/mol. The molecule has 1 saturated heterocycles. The quantitative estimate of drug-likeness (QED) is 0.460. The molecule has 1 heterocycles. The summed E-state index contributed by atoms with van der Waals surface area (Å²) in [7, 11) is 0. The van der Waals surface area contributed by atoms with E-state index in [9.17, 15) is 10.2 Å². The molecule has 1 saturated carbocycles. The largest absolute Gasteiger partial charge is 0.390 e. The second-order valence-corrected chi connectivity index (χ2v) is 4.41. The van der Waals surface area contributed by atoms with Crippen molar-refractivity contribution in [2.24, 2.45) is 5.92 Å². The van der Waals surface area contributed by atoms with Crippen LogP contribution in [0.15, 0.2) is 12.2 Å². The highest BCUT2D eigenvalue weighted by atomic mass is 16.6. The molecule has 0 spiro atoms. The Morgan fingerprint density at radius 1 is 1.54 bits per heavy atom. The molecule has 5 atom stereocenters. The zero-order valence-corrected chi connectivity index (χ0v) is 8.03. The number of aliphatic hydroxyl groups excluding tert-OH is 2. The van der Waals surface area contributed by atoms with Gasteiger partial charge in [0.05, 0.1) is 12.2 Å². The molecule has 0 unspecified atom stereocenters. The van der Waals surface area contributed by atoms with Gasteiger partial charge in [-0.05, 0) is 20.3 Å². The zero-order chi connectivity index (χ0) is 9.80. The van der Waals surface area contributed by atoms with E-state index < -0.39 is 17.8 Å². The van der Waals surface area contributed by atoms with Crippen LogP contribution in [0, 0.1) is 5.92 Å². The molecular weight excluding hydrogens is 168 g/mol. The minimum atomic E-state index is -0.770. The van der Waals surface area contributed by atoms with Crippen molar-refractivity contribution in [1.82, 2.24) is 0 Å². The van der Waals surface area contributed by atoms with Gasteiger partial charge in [0.15, 0.2) is 0 Å². The van der Waals surface area contributed by atoms with Crippen molar-refractivity contribution in [2.75, 3.05) is 0 Å². The Hall–Kier alpha value is -0.380. The topological polar surface area (TPSA) is 53.0 Å². The van der Waals surface area contributed by atoms with E-state index in [4.69, 9.17) is 4.74 Å². The lowest BCUT2D eigenvalue weighted by molar-refractivity contribution is -0.0530. The van der Waals surface area contributed by atoms with Crippen LogP contribution >= 0.6 is 0 Å². The highest BCUT2D eigenvalue weighted by Gasteiger charge is 2.64. The van der Waals surface area contributed by atoms with Gasteiger partial charge in [0.25, 0.3) is 0 Å². The summed E-state index contributed by atoms with van der Waals surface area (Å²) in [6.45, 7) is 7.54. The summed E-state index contributed by atoms with van der Waals surface area (Å²) >= 11 is 0. The van der Waals surface area contributed by atoms with E-state index in [0.717, 1.165) is 12.0 Å². The number of fused-ring (bicyclic) bond motifs is 1. The van der Waals surface area contributed by atoms with Gasteiger partial charge in [-0.15, -0.1) is 0 Å². The molecule has 0 bridgehead atoms. The molecule has 74 valence electrons.